The maximum Gasteiger partial charge on any atom is 0.227 e. The molecule has 3 rings (SSSR count). The minimum absolute atomic E-state index is 0.00668. The van der Waals surface area contributed by atoms with Gasteiger partial charge in [0.15, 0.2) is 0 Å². The Bertz CT molecular complexity index is 936. The molecule has 27 heavy (non-hydrogen) atoms. The van der Waals surface area contributed by atoms with Crippen molar-refractivity contribution >= 4 is 16.7 Å². The van der Waals surface area contributed by atoms with Crippen molar-refractivity contribution in [3.8, 4) is 0 Å². The number of hydrogen-bond acceptors (Lipinski definition) is 2. The molecule has 138 valence electrons. The number of amides is 1. The van der Waals surface area contributed by atoms with Crippen LogP contribution >= 0.6 is 0 Å². The second-order valence-electron chi connectivity index (χ2n) is 6.60. The minimum atomic E-state index is -1.30. The largest absolute Gasteiger partial charge is 0.341 e. The van der Waals surface area contributed by atoms with Gasteiger partial charge in [-0.25, -0.2) is 4.21 Å². The van der Waals surface area contributed by atoms with Crippen molar-refractivity contribution in [1.82, 2.24) is 4.90 Å². The van der Waals surface area contributed by atoms with Crippen LogP contribution in [0.2, 0.25) is 0 Å². The van der Waals surface area contributed by atoms with E-state index in [2.05, 4.69) is 0 Å². The summed E-state index contributed by atoms with van der Waals surface area (Å²) < 4.78 is 13.0. The molecule has 1 unspecified atom stereocenters. The summed E-state index contributed by atoms with van der Waals surface area (Å²) >= 11 is 0. The zero-order valence-corrected chi connectivity index (χ0v) is 16.4. The van der Waals surface area contributed by atoms with E-state index in [0.717, 1.165) is 21.6 Å². The van der Waals surface area contributed by atoms with Crippen molar-refractivity contribution in [1.29, 1.82) is 0 Å². The molecule has 4 heteroatoms. The number of hydrogen-bond donors (Lipinski definition) is 0. The van der Waals surface area contributed by atoms with E-state index in [-0.39, 0.29) is 12.3 Å². The third-order valence-electron chi connectivity index (χ3n) is 4.44. The van der Waals surface area contributed by atoms with Crippen molar-refractivity contribution < 1.29 is 9.00 Å². The molecule has 0 N–H and O–H groups in total. The van der Waals surface area contributed by atoms with Crippen molar-refractivity contribution in [2.75, 3.05) is 7.05 Å². The Morgan fingerprint density at radius 1 is 0.889 bits per heavy atom. The van der Waals surface area contributed by atoms with Gasteiger partial charge in [0, 0.05) is 23.4 Å². The first-order valence-corrected chi connectivity index (χ1v) is 10.0. The molecule has 0 aliphatic carbocycles. The average Bonchev–Trinajstić information content (AvgIpc) is 2.69. The van der Waals surface area contributed by atoms with Crippen LogP contribution in [0.4, 0.5) is 0 Å². The van der Waals surface area contributed by atoms with Crippen molar-refractivity contribution in [3.63, 3.8) is 0 Å². The Kier molecular flexibility index (Phi) is 6.20. The first-order chi connectivity index (χ1) is 13.0. The molecule has 0 aliphatic heterocycles. The second-order valence-corrected chi connectivity index (χ2v) is 8.05. The van der Waals surface area contributed by atoms with Crippen molar-refractivity contribution in [3.05, 3.63) is 95.6 Å². The van der Waals surface area contributed by atoms with Crippen LogP contribution in [-0.2, 0) is 28.6 Å². The van der Waals surface area contributed by atoms with Gasteiger partial charge in [-0.05, 0) is 36.2 Å². The van der Waals surface area contributed by atoms with E-state index in [1.54, 1.807) is 11.9 Å². The van der Waals surface area contributed by atoms with E-state index >= 15 is 0 Å². The third kappa shape index (κ3) is 4.92. The lowest BCUT2D eigenvalue weighted by atomic mass is 10.1. The summed E-state index contributed by atoms with van der Waals surface area (Å²) in [6.45, 7) is 2.56. The lowest BCUT2D eigenvalue weighted by Gasteiger charge is -2.18. The third-order valence-corrected chi connectivity index (χ3v) is 5.94. The molecular weight excluding hydrogens is 354 g/mol. The second kappa shape index (κ2) is 8.78. The summed E-state index contributed by atoms with van der Waals surface area (Å²) in [5, 5.41) is 0. The fourth-order valence-corrected chi connectivity index (χ4v) is 4.08. The topological polar surface area (TPSA) is 37.4 Å². The molecule has 0 saturated heterocycles. The zero-order chi connectivity index (χ0) is 19.2. The van der Waals surface area contributed by atoms with Gasteiger partial charge in [0.2, 0.25) is 5.91 Å². The summed E-state index contributed by atoms with van der Waals surface area (Å²) in [7, 11) is 0.496. The quantitative estimate of drug-likeness (QED) is 0.640. The number of aryl methyl sites for hydroxylation is 1. The number of benzene rings is 3. The molecule has 1 amide bonds. The van der Waals surface area contributed by atoms with Crippen molar-refractivity contribution in [2.24, 2.45) is 0 Å². The van der Waals surface area contributed by atoms with Gasteiger partial charge in [0.25, 0.3) is 0 Å². The highest BCUT2D eigenvalue weighted by Gasteiger charge is 2.16. The van der Waals surface area contributed by atoms with Gasteiger partial charge in [-0.15, -0.1) is 0 Å². The Labute approximate surface area is 163 Å². The molecule has 0 saturated carbocycles. The first-order valence-electron chi connectivity index (χ1n) is 8.89. The Hall–Kier alpha value is -2.72. The molecule has 1 atom stereocenters. The molecule has 3 nitrogen and oxygen atoms in total. The summed E-state index contributed by atoms with van der Waals surface area (Å²) in [4.78, 5) is 15.9. The van der Waals surface area contributed by atoms with Gasteiger partial charge in [-0.2, -0.15) is 0 Å². The monoisotopic (exact) mass is 377 g/mol. The minimum Gasteiger partial charge on any atom is -0.341 e. The van der Waals surface area contributed by atoms with Crippen LogP contribution in [0.1, 0.15) is 16.7 Å². The predicted molar refractivity (Wildman–Crippen MR) is 109 cm³/mol. The van der Waals surface area contributed by atoms with Crippen LogP contribution in [0.25, 0.3) is 0 Å². The molecule has 0 aromatic heterocycles. The molecule has 0 bridgehead atoms. The predicted octanol–water partition coefficient (Wildman–Crippen LogP) is 4.36. The van der Waals surface area contributed by atoms with Crippen LogP contribution in [0.15, 0.2) is 88.7 Å². The molecule has 0 fully saturated rings. The van der Waals surface area contributed by atoms with Crippen LogP contribution in [-0.4, -0.2) is 22.1 Å². The van der Waals surface area contributed by atoms with Crippen LogP contribution < -0.4 is 0 Å². The summed E-state index contributed by atoms with van der Waals surface area (Å²) in [6, 6.07) is 25.0. The van der Waals surface area contributed by atoms with Crippen LogP contribution in [0.5, 0.6) is 0 Å². The van der Waals surface area contributed by atoms with E-state index in [1.807, 2.05) is 85.8 Å². The zero-order valence-electron chi connectivity index (χ0n) is 15.6. The molecule has 3 aromatic rings. The van der Waals surface area contributed by atoms with Gasteiger partial charge in [0.1, 0.15) is 0 Å². The molecule has 0 heterocycles. The van der Waals surface area contributed by atoms with Gasteiger partial charge in [0.05, 0.1) is 17.2 Å². The van der Waals surface area contributed by atoms with Gasteiger partial charge in [-0.1, -0.05) is 66.2 Å². The number of carbonyl (C=O) groups is 1. The SMILES string of the molecule is Cc1ccc(S(=O)c2ccccc2CC(=O)N(C)Cc2ccccc2)cc1. The van der Waals surface area contributed by atoms with Crippen LogP contribution in [0.3, 0.4) is 0 Å². The summed E-state index contributed by atoms with van der Waals surface area (Å²) in [5.74, 6) is 0.00668. The van der Waals surface area contributed by atoms with Crippen molar-refractivity contribution in [2.45, 2.75) is 29.7 Å². The van der Waals surface area contributed by atoms with E-state index < -0.39 is 10.8 Å². The Morgan fingerprint density at radius 2 is 1.52 bits per heavy atom. The Balaban J connectivity index is 1.76. The molecule has 0 radical (unpaired) electrons. The average molecular weight is 378 g/mol. The standard InChI is InChI=1S/C23H23NO2S/c1-18-12-14-21(15-13-18)27(26)22-11-7-6-10-20(22)16-23(25)24(2)17-19-8-4-3-5-9-19/h3-15H,16-17H2,1-2H3. The van der Waals surface area contributed by atoms with Gasteiger partial charge < -0.3 is 4.90 Å². The Morgan fingerprint density at radius 3 is 2.22 bits per heavy atom. The molecule has 0 spiro atoms. The normalized spacial score (nSPS) is 11.8. The highest BCUT2D eigenvalue weighted by atomic mass is 32.2. The smallest absolute Gasteiger partial charge is 0.227 e. The summed E-state index contributed by atoms with van der Waals surface area (Å²) in [6.07, 6.45) is 0.233. The number of carbonyl (C=O) groups excluding carboxylic acids is 1. The molecular formula is C23H23NO2S. The maximum absolute atomic E-state index is 13.0. The molecule has 0 aliphatic rings. The summed E-state index contributed by atoms with van der Waals surface area (Å²) in [5.41, 5.74) is 3.02. The van der Waals surface area contributed by atoms with Crippen LogP contribution in [0, 0.1) is 6.92 Å². The highest BCUT2D eigenvalue weighted by Crippen LogP contribution is 2.21. The number of likely N-dealkylation sites (N-methyl/N-ethyl adjacent to an activating group) is 1. The first kappa shape index (κ1) is 19.1. The number of rotatable bonds is 6. The van der Waals surface area contributed by atoms with E-state index in [4.69, 9.17) is 0 Å². The lowest BCUT2D eigenvalue weighted by Crippen LogP contribution is -2.28. The number of nitrogens with zero attached hydrogens (tertiary/aromatic N) is 1. The van der Waals surface area contributed by atoms with E-state index in [0.29, 0.717) is 11.4 Å². The highest BCUT2D eigenvalue weighted by molar-refractivity contribution is 7.85. The van der Waals surface area contributed by atoms with E-state index in [9.17, 15) is 9.00 Å². The fourth-order valence-electron chi connectivity index (χ4n) is 2.86. The lowest BCUT2D eigenvalue weighted by molar-refractivity contribution is -0.129. The van der Waals surface area contributed by atoms with Gasteiger partial charge >= 0.3 is 0 Å². The molecule has 3 aromatic carbocycles. The van der Waals surface area contributed by atoms with E-state index in [1.165, 1.54) is 0 Å². The maximum atomic E-state index is 13.0. The fraction of sp³-hybridized carbons (Fsp3) is 0.174. The van der Waals surface area contributed by atoms with Gasteiger partial charge in [-0.3, -0.25) is 4.79 Å².